The summed E-state index contributed by atoms with van der Waals surface area (Å²) in [6, 6.07) is 8.79. The standard InChI is InChI=1S/C16H7Cl2I3O7S/c17-12(15(22)27-8-3-1-7(19)2-4-8)13(18)16(23)28-9-5-10(20)14(11(21)6-9)29(24,25)26/h1-6H,(H,24,25,26)/p-1/b13-12-. The van der Waals surface area contributed by atoms with Crippen molar-refractivity contribution < 1.29 is 32.0 Å². The van der Waals surface area contributed by atoms with Crippen LogP contribution in [0.5, 0.6) is 11.5 Å². The lowest BCUT2D eigenvalue weighted by Crippen LogP contribution is -2.15. The molecule has 0 bridgehead atoms. The Bertz CT molecular complexity index is 1090. The minimum atomic E-state index is -4.71. The summed E-state index contributed by atoms with van der Waals surface area (Å²) in [6.07, 6.45) is 0. The van der Waals surface area contributed by atoms with Gasteiger partial charge in [-0.15, -0.1) is 0 Å². The summed E-state index contributed by atoms with van der Waals surface area (Å²) in [7, 11) is -4.71. The van der Waals surface area contributed by atoms with E-state index in [9.17, 15) is 22.6 Å². The molecule has 0 saturated carbocycles. The Labute approximate surface area is 216 Å². The van der Waals surface area contributed by atoms with Gasteiger partial charge in [0.05, 0.1) is 4.90 Å². The molecule has 2 aromatic carbocycles. The second-order valence-corrected chi connectivity index (χ2v) is 10.7. The maximum atomic E-state index is 12.2. The van der Waals surface area contributed by atoms with Gasteiger partial charge in [-0.25, -0.2) is 18.0 Å². The van der Waals surface area contributed by atoms with E-state index in [0.29, 0.717) is 0 Å². The Morgan fingerprint density at radius 2 is 1.24 bits per heavy atom. The fourth-order valence-electron chi connectivity index (χ4n) is 1.82. The SMILES string of the molecule is O=C(Oc1ccc(I)cc1)/C(Cl)=C(/Cl)C(=O)Oc1cc(I)c(S(=O)(=O)[O-])c(I)c1. The van der Waals surface area contributed by atoms with Crippen LogP contribution >= 0.6 is 91.0 Å². The molecule has 13 heteroatoms. The average Bonchev–Trinajstić information content (AvgIpc) is 2.60. The van der Waals surface area contributed by atoms with Crippen LogP contribution in [0.15, 0.2) is 51.4 Å². The number of esters is 2. The maximum Gasteiger partial charge on any atom is 0.356 e. The molecule has 0 aromatic heterocycles. The van der Waals surface area contributed by atoms with Crippen molar-refractivity contribution in [2.75, 3.05) is 0 Å². The summed E-state index contributed by atoms with van der Waals surface area (Å²) in [5.74, 6) is -2.12. The topological polar surface area (TPSA) is 110 Å². The number of hydrogen-bond acceptors (Lipinski definition) is 7. The van der Waals surface area contributed by atoms with E-state index >= 15 is 0 Å². The van der Waals surface area contributed by atoms with E-state index in [1.54, 1.807) is 57.3 Å². The third-order valence-corrected chi connectivity index (χ3v) is 7.88. The van der Waals surface area contributed by atoms with Gasteiger partial charge in [0.25, 0.3) is 0 Å². The van der Waals surface area contributed by atoms with Crippen LogP contribution in [0.25, 0.3) is 0 Å². The number of ether oxygens (including phenoxy) is 2. The van der Waals surface area contributed by atoms with Crippen molar-refractivity contribution in [1.29, 1.82) is 0 Å². The molecule has 0 heterocycles. The van der Waals surface area contributed by atoms with E-state index in [4.69, 9.17) is 32.7 Å². The molecular weight excluding hydrogens is 788 g/mol. The molecule has 154 valence electrons. The fraction of sp³-hybridized carbons (Fsp3) is 0. The van der Waals surface area contributed by atoms with E-state index in [2.05, 4.69) is 22.6 Å². The summed E-state index contributed by atoms with van der Waals surface area (Å²) in [4.78, 5) is 23.8. The van der Waals surface area contributed by atoms with Crippen LogP contribution in [-0.4, -0.2) is 24.9 Å². The highest BCUT2D eigenvalue weighted by Crippen LogP contribution is 2.30. The average molecular weight is 794 g/mol. The lowest BCUT2D eigenvalue weighted by atomic mass is 10.3. The molecule has 0 saturated heterocycles. The van der Waals surface area contributed by atoms with E-state index in [1.165, 1.54) is 12.1 Å². The second kappa shape index (κ2) is 10.4. The van der Waals surface area contributed by atoms with Crippen molar-refractivity contribution in [3.63, 3.8) is 0 Å². The quantitative estimate of drug-likeness (QED) is 0.143. The molecule has 0 amide bonds. The first kappa shape index (κ1) is 25.1. The van der Waals surface area contributed by atoms with Crippen LogP contribution in [0.1, 0.15) is 0 Å². The fourth-order valence-corrected chi connectivity index (χ4v) is 6.34. The number of rotatable bonds is 5. The minimum absolute atomic E-state index is 0.0524. The van der Waals surface area contributed by atoms with Crippen molar-refractivity contribution >= 4 is 113 Å². The van der Waals surface area contributed by atoms with E-state index < -0.39 is 37.0 Å². The molecule has 0 aliphatic carbocycles. The van der Waals surface area contributed by atoms with Gasteiger partial charge >= 0.3 is 11.9 Å². The summed E-state index contributed by atoms with van der Waals surface area (Å²) >= 11 is 17.0. The zero-order valence-electron chi connectivity index (χ0n) is 13.6. The highest BCUT2D eigenvalue weighted by atomic mass is 127. The van der Waals surface area contributed by atoms with Gasteiger partial charge in [0.2, 0.25) is 0 Å². The summed E-state index contributed by atoms with van der Waals surface area (Å²) < 4.78 is 44.9. The van der Waals surface area contributed by atoms with Crippen LogP contribution in [0.4, 0.5) is 0 Å². The summed E-state index contributed by atoms with van der Waals surface area (Å²) in [6.45, 7) is 0. The monoisotopic (exact) mass is 793 g/mol. The molecule has 29 heavy (non-hydrogen) atoms. The third kappa shape index (κ3) is 6.90. The Hall–Kier alpha value is -0.200. The highest BCUT2D eigenvalue weighted by molar-refractivity contribution is 14.1. The van der Waals surface area contributed by atoms with Gasteiger partial charge < -0.3 is 14.0 Å². The van der Waals surface area contributed by atoms with Gasteiger partial charge in [-0.05, 0) is 104 Å². The number of hydrogen-bond donors (Lipinski definition) is 0. The highest BCUT2D eigenvalue weighted by Gasteiger charge is 2.23. The Kier molecular flexibility index (Phi) is 9.00. The smallest absolute Gasteiger partial charge is 0.356 e. The van der Waals surface area contributed by atoms with Crippen LogP contribution in [0, 0.1) is 10.7 Å². The van der Waals surface area contributed by atoms with Gasteiger partial charge in [0.15, 0.2) is 10.1 Å². The van der Waals surface area contributed by atoms with E-state index in [1.807, 2.05) is 0 Å². The molecule has 0 N–H and O–H groups in total. The van der Waals surface area contributed by atoms with Gasteiger partial charge in [0.1, 0.15) is 21.6 Å². The number of benzene rings is 2. The van der Waals surface area contributed by atoms with E-state index in [0.717, 1.165) is 15.7 Å². The molecular formula is C16H6Cl2I3O7S-. The summed E-state index contributed by atoms with van der Waals surface area (Å²) in [5, 5.41) is -1.42. The van der Waals surface area contributed by atoms with Crippen molar-refractivity contribution in [2.24, 2.45) is 0 Å². The molecule has 0 aliphatic rings. The number of carbonyl (C=O) groups is 2. The Morgan fingerprint density at radius 1 is 0.828 bits per heavy atom. The molecule has 0 aliphatic heterocycles. The number of carbonyl (C=O) groups excluding carboxylic acids is 2. The van der Waals surface area contributed by atoms with Crippen LogP contribution in [0.2, 0.25) is 0 Å². The molecule has 0 unspecified atom stereocenters. The molecule has 0 spiro atoms. The van der Waals surface area contributed by atoms with Gasteiger partial charge in [-0.1, -0.05) is 23.2 Å². The first-order chi connectivity index (χ1) is 13.4. The zero-order valence-corrected chi connectivity index (χ0v) is 22.4. The third-order valence-electron chi connectivity index (χ3n) is 3.01. The first-order valence-corrected chi connectivity index (χ1v) is 12.5. The van der Waals surface area contributed by atoms with Crippen LogP contribution < -0.4 is 9.47 Å². The Morgan fingerprint density at radius 3 is 1.66 bits per heavy atom. The van der Waals surface area contributed by atoms with Crippen molar-refractivity contribution in [2.45, 2.75) is 4.90 Å². The van der Waals surface area contributed by atoms with Crippen molar-refractivity contribution in [3.05, 3.63) is 57.2 Å². The van der Waals surface area contributed by atoms with Crippen molar-refractivity contribution in [3.8, 4) is 11.5 Å². The maximum absolute atomic E-state index is 12.2. The lowest BCUT2D eigenvalue weighted by Gasteiger charge is -2.13. The van der Waals surface area contributed by atoms with Crippen LogP contribution in [-0.2, 0) is 19.7 Å². The van der Waals surface area contributed by atoms with Gasteiger partial charge in [0, 0.05) is 10.7 Å². The molecule has 2 aromatic rings. The Balaban J connectivity index is 2.20. The second-order valence-electron chi connectivity index (χ2n) is 5.03. The normalized spacial score (nSPS) is 12.2. The van der Waals surface area contributed by atoms with E-state index in [-0.39, 0.29) is 18.6 Å². The molecule has 2 rings (SSSR count). The van der Waals surface area contributed by atoms with Crippen molar-refractivity contribution in [1.82, 2.24) is 0 Å². The van der Waals surface area contributed by atoms with Gasteiger partial charge in [-0.2, -0.15) is 0 Å². The molecule has 7 nitrogen and oxygen atoms in total. The first-order valence-electron chi connectivity index (χ1n) is 7.10. The molecule has 0 fully saturated rings. The lowest BCUT2D eigenvalue weighted by molar-refractivity contribution is -0.132. The summed E-state index contributed by atoms with van der Waals surface area (Å²) in [5.41, 5.74) is 0. The zero-order chi connectivity index (χ0) is 21.9. The minimum Gasteiger partial charge on any atom is -0.744 e. The molecule has 0 atom stereocenters. The predicted molar refractivity (Wildman–Crippen MR) is 129 cm³/mol. The number of halogens is 5. The molecule has 0 radical (unpaired) electrons. The largest absolute Gasteiger partial charge is 0.744 e. The van der Waals surface area contributed by atoms with Crippen LogP contribution in [0.3, 0.4) is 0 Å². The predicted octanol–water partition coefficient (Wildman–Crippen LogP) is 4.60. The van der Waals surface area contributed by atoms with Gasteiger partial charge in [-0.3, -0.25) is 0 Å².